The van der Waals surface area contributed by atoms with Gasteiger partial charge in [0, 0.05) is 53.9 Å². The molecule has 9 nitrogen and oxygen atoms in total. The van der Waals surface area contributed by atoms with Gasteiger partial charge in [0.25, 0.3) is 5.56 Å². The molecule has 0 radical (unpaired) electrons. The fraction of sp³-hybridized carbons (Fsp3) is 0.444. The Bertz CT molecular complexity index is 1410. The average Bonchev–Trinajstić information content (AvgIpc) is 2.85. The van der Waals surface area contributed by atoms with Crippen LogP contribution >= 0.6 is 15.9 Å². The zero-order chi connectivity index (χ0) is 26.7. The van der Waals surface area contributed by atoms with Crippen LogP contribution in [0.3, 0.4) is 0 Å². The molecule has 1 aliphatic heterocycles. The minimum atomic E-state index is -0.485. The molecule has 1 N–H and O–H groups in total. The summed E-state index contributed by atoms with van der Waals surface area (Å²) in [6.07, 6.45) is 4.23. The third-order valence-corrected chi connectivity index (χ3v) is 7.13. The Hall–Kier alpha value is -3.45. The number of rotatable bonds is 5. The number of fused-ring (bicyclic) bond motifs is 1. The van der Waals surface area contributed by atoms with Gasteiger partial charge in [0.15, 0.2) is 0 Å². The molecule has 0 atom stereocenters. The van der Waals surface area contributed by atoms with Crippen LogP contribution in [-0.4, -0.2) is 50.8 Å². The SMILES string of the molecule is Cn1c(=O)c(-c2cccc(Br)c2C#N)cc2cnc(NCCC3CCN(C(=O)OC(C)(C)C)CC3)nc21. The summed E-state index contributed by atoms with van der Waals surface area (Å²) in [7, 11) is 1.67. The lowest BCUT2D eigenvalue weighted by molar-refractivity contribution is 0.0182. The molecule has 1 saturated heterocycles. The number of aromatic nitrogens is 3. The van der Waals surface area contributed by atoms with E-state index in [1.54, 1.807) is 42.4 Å². The largest absolute Gasteiger partial charge is 0.444 e. The van der Waals surface area contributed by atoms with Crippen molar-refractivity contribution in [1.29, 1.82) is 5.26 Å². The molecule has 0 unspecified atom stereocenters. The fourth-order valence-electron chi connectivity index (χ4n) is 4.51. The summed E-state index contributed by atoms with van der Waals surface area (Å²) in [5.74, 6) is 0.958. The number of piperidine rings is 1. The minimum Gasteiger partial charge on any atom is -0.444 e. The molecule has 3 heterocycles. The molecule has 4 rings (SSSR count). The summed E-state index contributed by atoms with van der Waals surface area (Å²) in [5, 5.41) is 13.6. The number of nitriles is 1. The van der Waals surface area contributed by atoms with Crippen LogP contribution in [0, 0.1) is 17.2 Å². The fourth-order valence-corrected chi connectivity index (χ4v) is 4.96. The highest BCUT2D eigenvalue weighted by Crippen LogP contribution is 2.28. The Morgan fingerprint density at radius 2 is 2.00 bits per heavy atom. The molecule has 0 saturated carbocycles. The van der Waals surface area contributed by atoms with E-state index in [4.69, 9.17) is 4.74 Å². The Balaban J connectivity index is 1.41. The predicted octanol–water partition coefficient (Wildman–Crippen LogP) is 5.08. The standard InChI is InChI=1S/C27H31BrN6O3/c1-27(2,3)37-26(36)34-12-9-17(10-13-34)8-11-30-25-31-16-18-14-20(24(35)33(4)23(18)32-25)19-6-5-7-22(28)21(19)15-29/h5-7,14,16-17H,8-13H2,1-4H3,(H,30,31,32). The van der Waals surface area contributed by atoms with E-state index in [1.165, 1.54) is 4.57 Å². The first-order valence-electron chi connectivity index (χ1n) is 12.3. The second-order valence-electron chi connectivity index (χ2n) is 10.3. The molecule has 1 fully saturated rings. The van der Waals surface area contributed by atoms with Gasteiger partial charge < -0.3 is 15.0 Å². The molecule has 0 aliphatic carbocycles. The van der Waals surface area contributed by atoms with Gasteiger partial charge in [-0.25, -0.2) is 9.78 Å². The number of nitrogens with one attached hydrogen (secondary N) is 1. The van der Waals surface area contributed by atoms with Gasteiger partial charge >= 0.3 is 6.09 Å². The number of anilines is 1. The van der Waals surface area contributed by atoms with Crippen molar-refractivity contribution < 1.29 is 9.53 Å². The van der Waals surface area contributed by atoms with Crippen LogP contribution in [0.1, 0.15) is 45.6 Å². The topological polar surface area (TPSA) is 113 Å². The molecule has 3 aromatic rings. The van der Waals surface area contributed by atoms with Crippen molar-refractivity contribution in [3.05, 3.63) is 50.9 Å². The zero-order valence-corrected chi connectivity index (χ0v) is 23.1. The molecule has 1 aliphatic rings. The summed E-state index contributed by atoms with van der Waals surface area (Å²) >= 11 is 3.39. The summed E-state index contributed by atoms with van der Waals surface area (Å²) in [6, 6.07) is 9.25. The number of benzene rings is 1. The number of nitrogens with zero attached hydrogens (tertiary/aromatic N) is 5. The van der Waals surface area contributed by atoms with Crippen LogP contribution < -0.4 is 10.9 Å². The number of carbonyl (C=O) groups is 1. The van der Waals surface area contributed by atoms with Crippen LogP contribution in [0.2, 0.25) is 0 Å². The number of halogens is 1. The van der Waals surface area contributed by atoms with E-state index >= 15 is 0 Å². The van der Waals surface area contributed by atoms with E-state index < -0.39 is 5.60 Å². The van der Waals surface area contributed by atoms with E-state index in [0.717, 1.165) is 19.3 Å². The second kappa shape index (κ2) is 10.9. The van der Waals surface area contributed by atoms with E-state index in [0.29, 0.717) is 63.7 Å². The third-order valence-electron chi connectivity index (χ3n) is 6.47. The number of hydrogen-bond acceptors (Lipinski definition) is 7. The van der Waals surface area contributed by atoms with Crippen molar-refractivity contribution >= 4 is 39.0 Å². The molecule has 1 aromatic carbocycles. The van der Waals surface area contributed by atoms with Gasteiger partial charge in [0.05, 0.1) is 5.56 Å². The molecule has 10 heteroatoms. The number of pyridine rings is 1. The van der Waals surface area contributed by atoms with Crippen LogP contribution in [-0.2, 0) is 11.8 Å². The molecule has 194 valence electrons. The van der Waals surface area contributed by atoms with Crippen molar-refractivity contribution in [2.24, 2.45) is 13.0 Å². The monoisotopic (exact) mass is 566 g/mol. The van der Waals surface area contributed by atoms with Crippen molar-refractivity contribution in [2.75, 3.05) is 25.0 Å². The summed E-state index contributed by atoms with van der Waals surface area (Å²) < 4.78 is 7.60. The van der Waals surface area contributed by atoms with Gasteiger partial charge in [0.2, 0.25) is 5.95 Å². The van der Waals surface area contributed by atoms with Gasteiger partial charge in [-0.2, -0.15) is 10.2 Å². The molecule has 0 bridgehead atoms. The highest BCUT2D eigenvalue weighted by molar-refractivity contribution is 9.10. The lowest BCUT2D eigenvalue weighted by Gasteiger charge is -2.33. The van der Waals surface area contributed by atoms with Gasteiger partial charge in [-0.3, -0.25) is 9.36 Å². The van der Waals surface area contributed by atoms with E-state index in [9.17, 15) is 14.9 Å². The highest BCUT2D eigenvalue weighted by atomic mass is 79.9. The van der Waals surface area contributed by atoms with Gasteiger partial charge in [-0.05, 0) is 74.0 Å². The Labute approximate surface area is 224 Å². The number of hydrogen-bond donors (Lipinski definition) is 1. The molecular formula is C27H31BrN6O3. The van der Waals surface area contributed by atoms with Crippen molar-refractivity contribution in [1.82, 2.24) is 19.4 Å². The zero-order valence-electron chi connectivity index (χ0n) is 21.5. The number of aryl methyl sites for hydroxylation is 1. The molecular weight excluding hydrogens is 536 g/mol. The summed E-state index contributed by atoms with van der Waals surface area (Å²) in [6.45, 7) is 7.72. The van der Waals surface area contributed by atoms with Crippen LogP contribution in [0.4, 0.5) is 10.7 Å². The predicted molar refractivity (Wildman–Crippen MR) is 146 cm³/mol. The van der Waals surface area contributed by atoms with Crippen LogP contribution in [0.5, 0.6) is 0 Å². The first-order chi connectivity index (χ1) is 17.6. The number of amides is 1. The lowest BCUT2D eigenvalue weighted by Crippen LogP contribution is -2.41. The Kier molecular flexibility index (Phi) is 7.83. The third kappa shape index (κ3) is 6.10. The molecule has 2 aromatic heterocycles. The molecule has 37 heavy (non-hydrogen) atoms. The molecule has 0 spiro atoms. The minimum absolute atomic E-state index is 0.233. The van der Waals surface area contributed by atoms with Crippen molar-refractivity contribution in [2.45, 2.75) is 45.6 Å². The maximum atomic E-state index is 13.2. The second-order valence-corrected chi connectivity index (χ2v) is 11.1. The van der Waals surface area contributed by atoms with E-state index in [2.05, 4.69) is 37.3 Å². The normalized spacial score (nSPS) is 14.4. The summed E-state index contributed by atoms with van der Waals surface area (Å²) in [4.78, 5) is 36.2. The first-order valence-corrected chi connectivity index (χ1v) is 13.1. The highest BCUT2D eigenvalue weighted by Gasteiger charge is 2.26. The average molecular weight is 567 g/mol. The van der Waals surface area contributed by atoms with Crippen molar-refractivity contribution in [3.8, 4) is 17.2 Å². The molecule has 1 amide bonds. The van der Waals surface area contributed by atoms with Gasteiger partial charge in [-0.15, -0.1) is 0 Å². The number of likely N-dealkylation sites (tertiary alicyclic amines) is 1. The Morgan fingerprint density at radius 3 is 2.68 bits per heavy atom. The van der Waals surface area contributed by atoms with E-state index in [1.807, 2.05) is 20.8 Å². The van der Waals surface area contributed by atoms with Crippen LogP contribution in [0.25, 0.3) is 22.2 Å². The first kappa shape index (κ1) is 26.6. The smallest absolute Gasteiger partial charge is 0.410 e. The van der Waals surface area contributed by atoms with E-state index in [-0.39, 0.29) is 11.7 Å². The van der Waals surface area contributed by atoms with Crippen molar-refractivity contribution in [3.63, 3.8) is 0 Å². The van der Waals surface area contributed by atoms with Gasteiger partial charge in [-0.1, -0.05) is 12.1 Å². The van der Waals surface area contributed by atoms with Gasteiger partial charge in [0.1, 0.15) is 17.3 Å². The maximum Gasteiger partial charge on any atom is 0.410 e. The van der Waals surface area contributed by atoms with Crippen LogP contribution in [0.15, 0.2) is 39.7 Å². The maximum absolute atomic E-state index is 13.2. The summed E-state index contributed by atoms with van der Waals surface area (Å²) in [5.41, 5.74) is 1.21. The quantitative estimate of drug-likeness (QED) is 0.458. The lowest BCUT2D eigenvalue weighted by atomic mass is 9.94. The number of ether oxygens (including phenoxy) is 1. The Morgan fingerprint density at radius 1 is 1.27 bits per heavy atom. The number of carbonyl (C=O) groups excluding carboxylic acids is 1.